The zero-order chi connectivity index (χ0) is 10.1. The first kappa shape index (κ1) is 9.55. The summed E-state index contributed by atoms with van der Waals surface area (Å²) in [6.07, 6.45) is 0. The molecule has 1 aromatic heterocycles. The maximum atomic E-state index is 5.60. The van der Waals surface area contributed by atoms with Gasteiger partial charge in [-0.25, -0.2) is 0 Å². The second-order valence-electron chi connectivity index (χ2n) is 3.00. The topological polar surface area (TPSA) is 51.0 Å². The summed E-state index contributed by atoms with van der Waals surface area (Å²) < 4.78 is 6.27. The van der Waals surface area contributed by atoms with E-state index in [4.69, 9.17) is 10.5 Å². The zero-order valence-corrected chi connectivity index (χ0v) is 9.39. The van der Waals surface area contributed by atoms with Crippen LogP contribution in [-0.4, -0.2) is 12.1 Å². The summed E-state index contributed by atoms with van der Waals surface area (Å²) in [4.78, 5) is 3.24. The quantitative estimate of drug-likeness (QED) is 0.865. The maximum absolute atomic E-state index is 5.60. The van der Waals surface area contributed by atoms with Crippen LogP contribution in [-0.2, 0) is 6.54 Å². The van der Waals surface area contributed by atoms with Crippen LogP contribution < -0.4 is 10.5 Å². The average Bonchev–Trinajstić information content (AvgIpc) is 2.55. The van der Waals surface area contributed by atoms with Crippen LogP contribution in [0.4, 0.5) is 0 Å². The van der Waals surface area contributed by atoms with Crippen molar-refractivity contribution in [1.29, 1.82) is 0 Å². The molecule has 0 bridgehead atoms. The Morgan fingerprint density at radius 1 is 1.50 bits per heavy atom. The minimum Gasteiger partial charge on any atom is -0.496 e. The fraction of sp³-hybridized carbons (Fsp3) is 0.200. The van der Waals surface area contributed by atoms with Crippen molar-refractivity contribution >= 4 is 26.8 Å². The molecule has 0 amide bonds. The minimum absolute atomic E-state index is 0.485. The summed E-state index contributed by atoms with van der Waals surface area (Å²) in [5.74, 6) is 0.852. The van der Waals surface area contributed by atoms with Crippen LogP contribution in [0.3, 0.4) is 0 Å². The lowest BCUT2D eigenvalue weighted by Gasteiger charge is -2.00. The van der Waals surface area contributed by atoms with Crippen molar-refractivity contribution < 1.29 is 4.74 Å². The second-order valence-corrected chi connectivity index (χ2v) is 3.80. The molecule has 0 spiro atoms. The largest absolute Gasteiger partial charge is 0.496 e. The van der Waals surface area contributed by atoms with E-state index in [9.17, 15) is 0 Å². The zero-order valence-electron chi connectivity index (χ0n) is 7.80. The molecule has 4 heteroatoms. The first-order chi connectivity index (χ1) is 6.77. The minimum atomic E-state index is 0.485. The van der Waals surface area contributed by atoms with E-state index in [1.165, 1.54) is 0 Å². The Hall–Kier alpha value is -1.00. The Morgan fingerprint density at radius 2 is 2.29 bits per heavy atom. The maximum Gasteiger partial charge on any atom is 0.129 e. The first-order valence-corrected chi connectivity index (χ1v) is 5.10. The van der Waals surface area contributed by atoms with Gasteiger partial charge in [0.25, 0.3) is 0 Å². The molecule has 3 N–H and O–H groups in total. The molecule has 2 aromatic rings. The Kier molecular flexibility index (Phi) is 2.48. The van der Waals surface area contributed by atoms with Crippen LogP contribution >= 0.6 is 15.9 Å². The van der Waals surface area contributed by atoms with Gasteiger partial charge in [-0.3, -0.25) is 0 Å². The average molecular weight is 255 g/mol. The van der Waals surface area contributed by atoms with Crippen LogP contribution in [0, 0.1) is 0 Å². The highest BCUT2D eigenvalue weighted by Crippen LogP contribution is 2.34. The van der Waals surface area contributed by atoms with E-state index in [0.29, 0.717) is 6.54 Å². The SMILES string of the molecule is COc1cccc2[nH]c(CN)c(Br)c12. The lowest BCUT2D eigenvalue weighted by Crippen LogP contribution is -1.96. The van der Waals surface area contributed by atoms with E-state index in [2.05, 4.69) is 20.9 Å². The number of halogens is 1. The van der Waals surface area contributed by atoms with Crippen molar-refractivity contribution in [3.8, 4) is 5.75 Å². The molecular formula is C10H11BrN2O. The molecule has 74 valence electrons. The van der Waals surface area contributed by atoms with Crippen molar-refractivity contribution in [2.75, 3.05) is 7.11 Å². The van der Waals surface area contributed by atoms with Gasteiger partial charge >= 0.3 is 0 Å². The molecular weight excluding hydrogens is 244 g/mol. The molecule has 0 fully saturated rings. The van der Waals surface area contributed by atoms with Crippen molar-refractivity contribution in [3.63, 3.8) is 0 Å². The fourth-order valence-electron chi connectivity index (χ4n) is 1.54. The van der Waals surface area contributed by atoms with Gasteiger partial charge in [-0.05, 0) is 28.1 Å². The van der Waals surface area contributed by atoms with Gasteiger partial charge in [0.15, 0.2) is 0 Å². The van der Waals surface area contributed by atoms with E-state index in [1.54, 1.807) is 7.11 Å². The van der Waals surface area contributed by atoms with Crippen molar-refractivity contribution in [2.45, 2.75) is 6.54 Å². The van der Waals surface area contributed by atoms with Gasteiger partial charge in [0.1, 0.15) is 5.75 Å². The number of ether oxygens (including phenoxy) is 1. The number of hydrogen-bond donors (Lipinski definition) is 2. The lowest BCUT2D eigenvalue weighted by molar-refractivity contribution is 0.419. The van der Waals surface area contributed by atoms with Crippen LogP contribution in [0.25, 0.3) is 10.9 Å². The van der Waals surface area contributed by atoms with Gasteiger partial charge in [0.05, 0.1) is 22.5 Å². The molecule has 1 heterocycles. The standard InChI is InChI=1S/C10H11BrN2O/c1-14-8-4-2-3-6-9(8)10(11)7(5-12)13-6/h2-4,13H,5,12H2,1H3. The summed E-state index contributed by atoms with van der Waals surface area (Å²) in [5.41, 5.74) is 7.63. The first-order valence-electron chi connectivity index (χ1n) is 4.31. The summed E-state index contributed by atoms with van der Waals surface area (Å²) >= 11 is 3.51. The number of aromatic amines is 1. The molecule has 0 saturated heterocycles. The predicted octanol–water partition coefficient (Wildman–Crippen LogP) is 2.40. The molecule has 0 unspecified atom stereocenters. The van der Waals surface area contributed by atoms with E-state index < -0.39 is 0 Å². The third kappa shape index (κ3) is 1.31. The van der Waals surface area contributed by atoms with Gasteiger partial charge < -0.3 is 15.5 Å². The summed E-state index contributed by atoms with van der Waals surface area (Å²) in [6, 6.07) is 5.88. The van der Waals surface area contributed by atoms with E-state index in [1.807, 2.05) is 18.2 Å². The summed E-state index contributed by atoms with van der Waals surface area (Å²) in [7, 11) is 1.66. The number of nitrogens with one attached hydrogen (secondary N) is 1. The Labute approximate surface area is 90.4 Å². The van der Waals surface area contributed by atoms with E-state index in [0.717, 1.165) is 26.8 Å². The third-order valence-electron chi connectivity index (χ3n) is 2.22. The lowest BCUT2D eigenvalue weighted by atomic mass is 10.2. The molecule has 2 rings (SSSR count). The van der Waals surface area contributed by atoms with Crippen molar-refractivity contribution in [2.24, 2.45) is 5.73 Å². The molecule has 0 radical (unpaired) electrons. The molecule has 0 atom stereocenters. The van der Waals surface area contributed by atoms with Gasteiger partial charge in [0, 0.05) is 12.2 Å². The van der Waals surface area contributed by atoms with Crippen LogP contribution in [0.15, 0.2) is 22.7 Å². The molecule has 1 aromatic carbocycles. The number of benzene rings is 1. The van der Waals surface area contributed by atoms with Gasteiger partial charge in [-0.1, -0.05) is 6.07 Å². The molecule has 0 aliphatic heterocycles. The Bertz CT molecular complexity index is 464. The second kappa shape index (κ2) is 3.63. The number of aromatic nitrogens is 1. The van der Waals surface area contributed by atoms with Gasteiger partial charge in [-0.2, -0.15) is 0 Å². The van der Waals surface area contributed by atoms with E-state index in [-0.39, 0.29) is 0 Å². The Morgan fingerprint density at radius 3 is 2.93 bits per heavy atom. The highest BCUT2D eigenvalue weighted by molar-refractivity contribution is 9.10. The van der Waals surface area contributed by atoms with Gasteiger partial charge in [-0.15, -0.1) is 0 Å². The molecule has 14 heavy (non-hydrogen) atoms. The van der Waals surface area contributed by atoms with Crippen LogP contribution in [0.5, 0.6) is 5.75 Å². The van der Waals surface area contributed by atoms with E-state index >= 15 is 0 Å². The molecule has 0 saturated carbocycles. The molecule has 0 aliphatic rings. The Balaban J connectivity index is 2.79. The normalized spacial score (nSPS) is 10.8. The van der Waals surface area contributed by atoms with Crippen molar-refractivity contribution in [1.82, 2.24) is 4.98 Å². The number of nitrogens with two attached hydrogens (primary N) is 1. The van der Waals surface area contributed by atoms with Crippen LogP contribution in [0.1, 0.15) is 5.69 Å². The number of hydrogen-bond acceptors (Lipinski definition) is 2. The number of fused-ring (bicyclic) bond motifs is 1. The monoisotopic (exact) mass is 254 g/mol. The van der Waals surface area contributed by atoms with Gasteiger partial charge in [0.2, 0.25) is 0 Å². The van der Waals surface area contributed by atoms with Crippen molar-refractivity contribution in [3.05, 3.63) is 28.4 Å². The third-order valence-corrected chi connectivity index (χ3v) is 3.10. The number of rotatable bonds is 2. The number of methoxy groups -OCH3 is 1. The summed E-state index contributed by atoms with van der Waals surface area (Å²) in [6.45, 7) is 0.485. The highest BCUT2D eigenvalue weighted by Gasteiger charge is 2.11. The predicted molar refractivity (Wildman–Crippen MR) is 60.4 cm³/mol. The summed E-state index contributed by atoms with van der Waals surface area (Å²) in [5, 5.41) is 1.05. The van der Waals surface area contributed by atoms with Crippen LogP contribution in [0.2, 0.25) is 0 Å². The smallest absolute Gasteiger partial charge is 0.129 e. The fourth-order valence-corrected chi connectivity index (χ4v) is 2.21. The highest BCUT2D eigenvalue weighted by atomic mass is 79.9. The number of H-pyrrole nitrogens is 1. The molecule has 3 nitrogen and oxygen atoms in total. The molecule has 0 aliphatic carbocycles.